The van der Waals surface area contributed by atoms with E-state index in [0.717, 1.165) is 24.4 Å². The van der Waals surface area contributed by atoms with E-state index in [2.05, 4.69) is 30.1 Å². The molecule has 1 heterocycles. The number of hydrogen-bond acceptors (Lipinski definition) is 2. The quantitative estimate of drug-likeness (QED) is 0.663. The fourth-order valence-electron chi connectivity index (χ4n) is 3.07. The minimum atomic E-state index is 0.472. The maximum atomic E-state index is 5.82. The largest absolute Gasteiger partial charge is 0.375 e. The highest BCUT2D eigenvalue weighted by Gasteiger charge is 2.35. The van der Waals surface area contributed by atoms with Crippen molar-refractivity contribution in [1.82, 2.24) is 0 Å². The number of rotatable bonds is 4. The minimum Gasteiger partial charge on any atom is -0.375 e. The fraction of sp³-hybridized carbons (Fsp3) is 0.643. The molecule has 2 aliphatic carbocycles. The van der Waals surface area contributed by atoms with Crippen LogP contribution in [0.1, 0.15) is 19.8 Å². The second kappa shape index (κ2) is 4.17. The van der Waals surface area contributed by atoms with Gasteiger partial charge in [-0.1, -0.05) is 25.2 Å². The van der Waals surface area contributed by atoms with Gasteiger partial charge in [0.25, 0.3) is 0 Å². The van der Waals surface area contributed by atoms with Crippen molar-refractivity contribution in [3.05, 3.63) is 24.4 Å². The van der Waals surface area contributed by atoms with Gasteiger partial charge in [0.2, 0.25) is 0 Å². The molecule has 1 saturated carbocycles. The molecule has 2 bridgehead atoms. The highest BCUT2D eigenvalue weighted by atomic mass is 16.5. The molecule has 0 spiro atoms. The molecule has 1 fully saturated rings. The van der Waals surface area contributed by atoms with E-state index in [1.807, 2.05) is 6.20 Å². The highest BCUT2D eigenvalue weighted by Crippen LogP contribution is 2.43. The van der Waals surface area contributed by atoms with Gasteiger partial charge < -0.3 is 4.74 Å². The van der Waals surface area contributed by atoms with E-state index in [1.54, 1.807) is 0 Å². The Kier molecular flexibility index (Phi) is 2.68. The predicted molar refractivity (Wildman–Crippen MR) is 65.4 cm³/mol. The molecule has 1 aliphatic heterocycles. The Morgan fingerprint density at radius 2 is 2.25 bits per heavy atom. The van der Waals surface area contributed by atoms with E-state index in [0.29, 0.717) is 12.5 Å². The summed E-state index contributed by atoms with van der Waals surface area (Å²) in [5.41, 5.74) is 1.18. The summed E-state index contributed by atoms with van der Waals surface area (Å²) in [6.45, 7) is 3.80. The van der Waals surface area contributed by atoms with E-state index in [4.69, 9.17) is 4.74 Å². The lowest BCUT2D eigenvalue weighted by Gasteiger charge is -2.18. The van der Waals surface area contributed by atoms with Crippen LogP contribution in [-0.4, -0.2) is 18.9 Å². The molecule has 3 rings (SSSR count). The monoisotopic (exact) mass is 217 g/mol. The molecule has 4 unspecified atom stereocenters. The molecule has 3 aliphatic rings. The Hall–Kier alpha value is -0.890. The van der Waals surface area contributed by atoms with Gasteiger partial charge >= 0.3 is 0 Å². The normalized spacial score (nSPS) is 39.7. The van der Waals surface area contributed by atoms with Crippen LogP contribution < -0.4 is 0 Å². The predicted octanol–water partition coefficient (Wildman–Crippen LogP) is 2.82. The molecule has 0 aromatic rings. The summed E-state index contributed by atoms with van der Waals surface area (Å²) in [6, 6.07) is 0. The first kappa shape index (κ1) is 10.3. The van der Waals surface area contributed by atoms with Crippen molar-refractivity contribution < 1.29 is 4.74 Å². The van der Waals surface area contributed by atoms with Crippen LogP contribution >= 0.6 is 0 Å². The maximum absolute atomic E-state index is 5.82. The fourth-order valence-corrected chi connectivity index (χ4v) is 3.07. The van der Waals surface area contributed by atoms with Crippen LogP contribution in [0, 0.1) is 23.7 Å². The van der Waals surface area contributed by atoms with Gasteiger partial charge in [-0.15, -0.1) is 0 Å². The first-order valence-corrected chi connectivity index (χ1v) is 6.32. The Morgan fingerprint density at radius 3 is 2.88 bits per heavy atom. The topological polar surface area (TPSA) is 21.6 Å². The number of allylic oxidation sites excluding steroid dienone is 3. The van der Waals surface area contributed by atoms with Crippen molar-refractivity contribution in [2.24, 2.45) is 28.7 Å². The van der Waals surface area contributed by atoms with Crippen molar-refractivity contribution >= 4 is 5.71 Å². The third kappa shape index (κ3) is 1.86. The van der Waals surface area contributed by atoms with E-state index >= 15 is 0 Å². The van der Waals surface area contributed by atoms with Crippen LogP contribution in [0.5, 0.6) is 0 Å². The number of ether oxygens (including phenoxy) is 1. The molecule has 0 saturated heterocycles. The zero-order chi connectivity index (χ0) is 11.0. The van der Waals surface area contributed by atoms with Gasteiger partial charge in [0.15, 0.2) is 0 Å². The molecule has 2 heteroatoms. The molecular formula is C14H19NO. The number of nitrogens with zero attached hydrogens (tertiary/aromatic N) is 1. The number of hydrogen-bond donors (Lipinski definition) is 0. The standard InChI is InChI=1S/C14H19NO/c1-10-4-5-15-14(10)9-16-8-13-7-11-2-3-12(13)6-11/h2-5,10-13H,6-9H2,1H3. The van der Waals surface area contributed by atoms with Crippen LogP contribution in [0.2, 0.25) is 0 Å². The van der Waals surface area contributed by atoms with E-state index < -0.39 is 0 Å². The van der Waals surface area contributed by atoms with Crippen molar-refractivity contribution in [2.45, 2.75) is 19.8 Å². The molecule has 0 aromatic heterocycles. The second-order valence-electron chi connectivity index (χ2n) is 5.31. The number of fused-ring (bicyclic) bond motifs is 2. The maximum Gasteiger partial charge on any atom is 0.0854 e. The third-order valence-corrected chi connectivity index (χ3v) is 4.14. The van der Waals surface area contributed by atoms with E-state index in [9.17, 15) is 0 Å². The Balaban J connectivity index is 1.43. The Morgan fingerprint density at radius 1 is 1.31 bits per heavy atom. The van der Waals surface area contributed by atoms with Crippen LogP contribution in [0.4, 0.5) is 0 Å². The van der Waals surface area contributed by atoms with Gasteiger partial charge in [0, 0.05) is 12.1 Å². The summed E-state index contributed by atoms with van der Waals surface area (Å²) < 4.78 is 5.82. The summed E-state index contributed by atoms with van der Waals surface area (Å²) >= 11 is 0. The molecule has 2 nitrogen and oxygen atoms in total. The van der Waals surface area contributed by atoms with Crippen LogP contribution in [0.25, 0.3) is 0 Å². The number of aliphatic imine (C=N–C) groups is 1. The van der Waals surface area contributed by atoms with Gasteiger partial charge in [-0.3, -0.25) is 4.99 Å². The average molecular weight is 217 g/mol. The zero-order valence-electron chi connectivity index (χ0n) is 9.80. The zero-order valence-corrected chi connectivity index (χ0v) is 9.80. The van der Waals surface area contributed by atoms with Gasteiger partial charge in [-0.05, 0) is 30.6 Å². The SMILES string of the molecule is CC1C=CN=C1COCC1CC2C=CC1C2. The highest BCUT2D eigenvalue weighted by molar-refractivity contribution is 5.91. The minimum absolute atomic E-state index is 0.472. The van der Waals surface area contributed by atoms with E-state index in [-0.39, 0.29) is 0 Å². The van der Waals surface area contributed by atoms with Crippen molar-refractivity contribution in [1.29, 1.82) is 0 Å². The van der Waals surface area contributed by atoms with Crippen LogP contribution in [0.3, 0.4) is 0 Å². The van der Waals surface area contributed by atoms with Gasteiger partial charge in [-0.25, -0.2) is 0 Å². The molecule has 16 heavy (non-hydrogen) atoms. The molecule has 0 amide bonds. The molecule has 86 valence electrons. The van der Waals surface area contributed by atoms with Crippen LogP contribution in [-0.2, 0) is 4.74 Å². The first-order chi connectivity index (χ1) is 7.83. The smallest absolute Gasteiger partial charge is 0.0854 e. The molecule has 0 N–H and O–H groups in total. The molecular weight excluding hydrogens is 198 g/mol. The summed E-state index contributed by atoms with van der Waals surface area (Å²) in [4.78, 5) is 4.33. The Labute approximate surface area is 97.1 Å². The van der Waals surface area contributed by atoms with Crippen molar-refractivity contribution in [2.75, 3.05) is 13.2 Å². The lowest BCUT2D eigenvalue weighted by Crippen LogP contribution is -2.19. The summed E-state index contributed by atoms with van der Waals surface area (Å²) in [5.74, 6) is 2.88. The van der Waals surface area contributed by atoms with Crippen LogP contribution in [0.15, 0.2) is 29.4 Å². The summed E-state index contributed by atoms with van der Waals surface area (Å²) in [5, 5.41) is 0. The third-order valence-electron chi connectivity index (χ3n) is 4.14. The van der Waals surface area contributed by atoms with E-state index in [1.165, 1.54) is 18.6 Å². The van der Waals surface area contributed by atoms with Gasteiger partial charge in [-0.2, -0.15) is 0 Å². The average Bonchev–Trinajstić information content (AvgIpc) is 2.96. The van der Waals surface area contributed by atoms with Gasteiger partial charge in [0.1, 0.15) is 0 Å². The molecule has 4 atom stereocenters. The van der Waals surface area contributed by atoms with Crippen molar-refractivity contribution in [3.8, 4) is 0 Å². The Bertz CT molecular complexity index is 356. The lowest BCUT2D eigenvalue weighted by molar-refractivity contribution is 0.118. The summed E-state index contributed by atoms with van der Waals surface area (Å²) in [7, 11) is 0. The first-order valence-electron chi connectivity index (χ1n) is 6.32. The molecule has 0 aromatic carbocycles. The van der Waals surface area contributed by atoms with Crippen molar-refractivity contribution in [3.63, 3.8) is 0 Å². The van der Waals surface area contributed by atoms with Gasteiger partial charge in [0.05, 0.1) is 18.9 Å². The second-order valence-corrected chi connectivity index (χ2v) is 5.31. The molecule has 0 radical (unpaired) electrons. The lowest BCUT2D eigenvalue weighted by atomic mass is 9.94. The summed E-state index contributed by atoms with van der Waals surface area (Å²) in [6.07, 6.45) is 11.5.